The fraction of sp³-hybridized carbons (Fsp3) is 0.500. The summed E-state index contributed by atoms with van der Waals surface area (Å²) in [7, 11) is 0. The monoisotopic (exact) mass is 502 g/mol. The van der Waals surface area contributed by atoms with Gasteiger partial charge in [-0.2, -0.15) is 0 Å². The van der Waals surface area contributed by atoms with Crippen LogP contribution in [0.25, 0.3) is 0 Å². The van der Waals surface area contributed by atoms with E-state index in [1.54, 1.807) is 13.0 Å². The number of nitrogens with zero attached hydrogens (tertiary/aromatic N) is 6. The van der Waals surface area contributed by atoms with Gasteiger partial charge in [-0.15, -0.1) is 0 Å². The molecule has 0 aliphatic carbocycles. The van der Waals surface area contributed by atoms with Crippen LogP contribution in [0.2, 0.25) is 5.15 Å². The predicted molar refractivity (Wildman–Crippen MR) is 137 cm³/mol. The topological polar surface area (TPSA) is 72.9 Å². The van der Waals surface area contributed by atoms with Gasteiger partial charge >= 0.3 is 0 Å². The van der Waals surface area contributed by atoms with Crippen LogP contribution in [0.5, 0.6) is 0 Å². The molecule has 2 fully saturated rings. The van der Waals surface area contributed by atoms with Crippen LogP contribution >= 0.6 is 23.4 Å². The van der Waals surface area contributed by atoms with Gasteiger partial charge in [0.25, 0.3) is 0 Å². The second-order valence-electron chi connectivity index (χ2n) is 8.78. The van der Waals surface area contributed by atoms with Crippen molar-refractivity contribution in [1.82, 2.24) is 19.8 Å². The van der Waals surface area contributed by atoms with Crippen LogP contribution in [0.3, 0.4) is 0 Å². The molecular weight excluding hydrogens is 472 g/mol. The number of para-hydroxylation sites is 1. The van der Waals surface area contributed by atoms with Gasteiger partial charge in [0.2, 0.25) is 11.8 Å². The molecule has 1 aromatic carbocycles. The molecule has 1 aromatic heterocycles. The third-order valence-corrected chi connectivity index (χ3v) is 7.46. The molecule has 182 valence electrons. The standard InChI is InChI=1S/C24H31ClN6O2S/c1-17-6-4-5-7-20(17)28-8-10-29(11-9-28)23(33)16-34-24-26-21(25)14-22(27-24)30-12-13-31(19(3)32)18(2)15-30/h4-7,14,18H,8-13,15-16H2,1-3H3. The van der Waals surface area contributed by atoms with Crippen molar-refractivity contribution in [1.29, 1.82) is 0 Å². The molecule has 0 saturated carbocycles. The maximum Gasteiger partial charge on any atom is 0.233 e. The molecule has 0 bridgehead atoms. The highest BCUT2D eigenvalue weighted by atomic mass is 35.5. The molecular formula is C24H31ClN6O2S. The third kappa shape index (κ3) is 5.75. The first-order valence-corrected chi connectivity index (χ1v) is 13.0. The maximum atomic E-state index is 12.8. The molecule has 2 aliphatic heterocycles. The molecule has 4 rings (SSSR count). The Hall–Kier alpha value is -2.52. The first kappa shape index (κ1) is 24.6. The number of benzene rings is 1. The van der Waals surface area contributed by atoms with Crippen LogP contribution in [0.4, 0.5) is 11.5 Å². The number of hydrogen-bond acceptors (Lipinski definition) is 7. The SMILES string of the molecule is CC(=O)N1CCN(c2cc(Cl)nc(SCC(=O)N3CCN(c4ccccc4C)CC3)n2)CC1C. The summed E-state index contributed by atoms with van der Waals surface area (Å²) in [6.45, 7) is 10.8. The molecule has 2 aliphatic rings. The predicted octanol–water partition coefficient (Wildman–Crippen LogP) is 2.94. The fourth-order valence-electron chi connectivity index (χ4n) is 4.58. The van der Waals surface area contributed by atoms with Crippen molar-refractivity contribution in [2.45, 2.75) is 32.0 Å². The maximum absolute atomic E-state index is 12.8. The van der Waals surface area contributed by atoms with Crippen molar-refractivity contribution in [3.8, 4) is 0 Å². The van der Waals surface area contributed by atoms with Crippen LogP contribution in [0.15, 0.2) is 35.5 Å². The molecule has 0 N–H and O–H groups in total. The highest BCUT2D eigenvalue weighted by molar-refractivity contribution is 7.99. The van der Waals surface area contributed by atoms with E-state index in [0.29, 0.717) is 43.0 Å². The number of piperazine rings is 2. The van der Waals surface area contributed by atoms with Gasteiger partial charge in [0.1, 0.15) is 11.0 Å². The molecule has 34 heavy (non-hydrogen) atoms. The van der Waals surface area contributed by atoms with Gasteiger partial charge in [-0.05, 0) is 25.5 Å². The van der Waals surface area contributed by atoms with Crippen LogP contribution < -0.4 is 9.80 Å². The first-order valence-electron chi connectivity index (χ1n) is 11.6. The molecule has 2 amide bonds. The lowest BCUT2D eigenvalue weighted by molar-refractivity contribution is -0.131. The summed E-state index contributed by atoms with van der Waals surface area (Å²) >= 11 is 7.60. The van der Waals surface area contributed by atoms with E-state index in [0.717, 1.165) is 18.9 Å². The van der Waals surface area contributed by atoms with Crippen LogP contribution in [-0.4, -0.2) is 89.2 Å². The number of rotatable bonds is 5. The Balaban J connectivity index is 1.32. The van der Waals surface area contributed by atoms with Gasteiger partial charge in [-0.3, -0.25) is 9.59 Å². The lowest BCUT2D eigenvalue weighted by Gasteiger charge is -2.40. The number of thioether (sulfide) groups is 1. The van der Waals surface area contributed by atoms with Crippen molar-refractivity contribution in [3.05, 3.63) is 41.0 Å². The molecule has 2 saturated heterocycles. The first-order chi connectivity index (χ1) is 16.3. The minimum Gasteiger partial charge on any atom is -0.368 e. The normalized spacial score (nSPS) is 18.9. The van der Waals surface area contributed by atoms with Crippen LogP contribution in [0, 0.1) is 6.92 Å². The number of aryl methyl sites for hydroxylation is 1. The zero-order chi connectivity index (χ0) is 24.2. The van der Waals surface area contributed by atoms with Gasteiger partial charge in [-0.1, -0.05) is 41.6 Å². The summed E-state index contributed by atoms with van der Waals surface area (Å²) < 4.78 is 0. The number of amides is 2. The number of aromatic nitrogens is 2. The number of hydrogen-bond donors (Lipinski definition) is 0. The Labute approximate surface area is 210 Å². The van der Waals surface area contributed by atoms with Crippen LogP contribution in [0.1, 0.15) is 19.4 Å². The average Bonchev–Trinajstić information content (AvgIpc) is 2.82. The molecule has 2 aromatic rings. The summed E-state index contributed by atoms with van der Waals surface area (Å²) in [6.07, 6.45) is 0. The largest absolute Gasteiger partial charge is 0.368 e. The Bertz CT molecular complexity index is 1050. The van der Waals surface area contributed by atoms with E-state index in [1.807, 2.05) is 22.8 Å². The summed E-state index contributed by atoms with van der Waals surface area (Å²) in [4.78, 5) is 41.8. The molecule has 3 heterocycles. The van der Waals surface area contributed by atoms with E-state index in [2.05, 4.69) is 44.9 Å². The fourth-order valence-corrected chi connectivity index (χ4v) is 5.56. The number of anilines is 2. The lowest BCUT2D eigenvalue weighted by Crippen LogP contribution is -2.53. The average molecular weight is 503 g/mol. The zero-order valence-electron chi connectivity index (χ0n) is 19.9. The Morgan fingerprint density at radius 1 is 1.06 bits per heavy atom. The summed E-state index contributed by atoms with van der Waals surface area (Å²) in [5.74, 6) is 1.18. The smallest absolute Gasteiger partial charge is 0.233 e. The second kappa shape index (κ2) is 10.8. The Morgan fingerprint density at radius 3 is 2.44 bits per heavy atom. The molecule has 0 radical (unpaired) electrons. The van der Waals surface area contributed by atoms with Crippen molar-refractivity contribution < 1.29 is 9.59 Å². The van der Waals surface area contributed by atoms with E-state index in [1.165, 1.54) is 23.0 Å². The quantitative estimate of drug-likeness (QED) is 0.353. The number of carbonyl (C=O) groups is 2. The van der Waals surface area contributed by atoms with Crippen LogP contribution in [-0.2, 0) is 9.59 Å². The van der Waals surface area contributed by atoms with Crippen molar-refractivity contribution in [3.63, 3.8) is 0 Å². The molecule has 0 spiro atoms. The van der Waals surface area contributed by atoms with Crippen molar-refractivity contribution in [2.75, 3.05) is 61.4 Å². The van der Waals surface area contributed by atoms with Gasteiger partial charge < -0.3 is 19.6 Å². The third-order valence-electron chi connectivity index (χ3n) is 6.43. The Kier molecular flexibility index (Phi) is 7.83. The molecule has 1 unspecified atom stereocenters. The highest BCUT2D eigenvalue weighted by Gasteiger charge is 2.27. The minimum absolute atomic E-state index is 0.0855. The summed E-state index contributed by atoms with van der Waals surface area (Å²) in [5.41, 5.74) is 2.49. The molecule has 8 nitrogen and oxygen atoms in total. The summed E-state index contributed by atoms with van der Waals surface area (Å²) in [6, 6.07) is 10.2. The molecule has 10 heteroatoms. The summed E-state index contributed by atoms with van der Waals surface area (Å²) in [5, 5.41) is 0.851. The van der Waals surface area contributed by atoms with Crippen molar-refractivity contribution >= 4 is 46.7 Å². The van der Waals surface area contributed by atoms with Crippen molar-refractivity contribution in [2.24, 2.45) is 0 Å². The van der Waals surface area contributed by atoms with E-state index >= 15 is 0 Å². The Morgan fingerprint density at radius 2 is 1.76 bits per heavy atom. The minimum atomic E-state index is 0.0855. The second-order valence-corrected chi connectivity index (χ2v) is 10.1. The highest BCUT2D eigenvalue weighted by Crippen LogP contribution is 2.25. The van der Waals surface area contributed by atoms with E-state index < -0.39 is 0 Å². The van der Waals surface area contributed by atoms with Gasteiger partial charge in [-0.25, -0.2) is 9.97 Å². The van der Waals surface area contributed by atoms with E-state index in [9.17, 15) is 9.59 Å². The van der Waals surface area contributed by atoms with Gasteiger partial charge in [0, 0.05) is 70.5 Å². The lowest BCUT2D eigenvalue weighted by atomic mass is 10.1. The number of carbonyl (C=O) groups excluding carboxylic acids is 2. The van der Waals surface area contributed by atoms with Gasteiger partial charge in [0.05, 0.1) is 5.75 Å². The van der Waals surface area contributed by atoms with E-state index in [4.69, 9.17) is 11.6 Å². The number of halogens is 1. The zero-order valence-corrected chi connectivity index (χ0v) is 21.5. The van der Waals surface area contributed by atoms with Gasteiger partial charge in [0.15, 0.2) is 5.16 Å². The molecule has 1 atom stereocenters. The van der Waals surface area contributed by atoms with E-state index in [-0.39, 0.29) is 23.6 Å².